The molecule has 15 nitrogen and oxygen atoms in total. The number of sulfonamides is 1. The summed E-state index contributed by atoms with van der Waals surface area (Å²) >= 11 is 0. The minimum atomic E-state index is -3.90. The zero-order valence-electron chi connectivity index (χ0n) is 28.5. The number of nitrogens with zero attached hydrogens (tertiary/aromatic N) is 2. The minimum absolute atomic E-state index is 0.00185. The van der Waals surface area contributed by atoms with Crippen LogP contribution in [0.3, 0.4) is 0 Å². The number of amides is 5. The van der Waals surface area contributed by atoms with Gasteiger partial charge < -0.3 is 30.3 Å². The number of hydrogen-bond donors (Lipinski definition) is 4. The van der Waals surface area contributed by atoms with E-state index in [0.29, 0.717) is 42.7 Å². The van der Waals surface area contributed by atoms with Crippen LogP contribution in [-0.2, 0) is 29.1 Å². The predicted octanol–water partition coefficient (Wildman–Crippen LogP) is 1.94. The summed E-state index contributed by atoms with van der Waals surface area (Å²) < 4.78 is 38.9. The number of allylic oxidation sites excluding steroid dienone is 1. The summed E-state index contributed by atoms with van der Waals surface area (Å²) in [7, 11) is -3.90. The Balaban J connectivity index is 1.20. The molecule has 1 unspecified atom stereocenters. The molecular formula is C36H42N6O9S. The molecule has 4 heterocycles. The van der Waals surface area contributed by atoms with Crippen molar-refractivity contribution in [2.24, 2.45) is 5.92 Å². The van der Waals surface area contributed by atoms with Gasteiger partial charge in [-0.25, -0.2) is 18.2 Å². The van der Waals surface area contributed by atoms with E-state index >= 15 is 0 Å². The number of alkyl carbamates (subject to hydrolysis) is 1. The Hall–Kier alpha value is -4.99. The molecule has 0 spiro atoms. The number of carbonyl (C=O) groups excluding carboxylic acids is 5. The van der Waals surface area contributed by atoms with Crippen molar-refractivity contribution in [3.63, 3.8) is 0 Å². The van der Waals surface area contributed by atoms with E-state index in [1.54, 1.807) is 36.4 Å². The highest BCUT2D eigenvalue weighted by molar-refractivity contribution is 7.91. The monoisotopic (exact) mass is 734 g/mol. The fourth-order valence-electron chi connectivity index (χ4n) is 7.11. The van der Waals surface area contributed by atoms with E-state index in [4.69, 9.17) is 9.47 Å². The van der Waals surface area contributed by atoms with Crippen molar-refractivity contribution >= 4 is 39.7 Å². The van der Waals surface area contributed by atoms with Gasteiger partial charge >= 0.3 is 6.09 Å². The predicted molar refractivity (Wildman–Crippen MR) is 186 cm³/mol. The molecule has 2 aromatic rings. The number of aromatic nitrogens is 1. The molecule has 7 bridgehead atoms. The van der Waals surface area contributed by atoms with Gasteiger partial charge in [-0.3, -0.25) is 23.9 Å². The quantitative estimate of drug-likeness (QED) is 0.338. The van der Waals surface area contributed by atoms with Crippen LogP contribution in [0.15, 0.2) is 54.6 Å². The van der Waals surface area contributed by atoms with Crippen LogP contribution in [0.25, 0.3) is 11.3 Å². The van der Waals surface area contributed by atoms with Crippen molar-refractivity contribution in [1.82, 2.24) is 30.6 Å². The van der Waals surface area contributed by atoms with Crippen LogP contribution in [-0.4, -0.2) is 96.7 Å². The van der Waals surface area contributed by atoms with E-state index in [2.05, 4.69) is 25.7 Å². The first kappa shape index (κ1) is 35.4. The normalized spacial score (nSPS) is 29.1. The Labute approximate surface area is 301 Å². The first-order valence-electron chi connectivity index (χ1n) is 17.8. The van der Waals surface area contributed by atoms with Gasteiger partial charge in [0.1, 0.15) is 42.3 Å². The van der Waals surface area contributed by atoms with Crippen LogP contribution >= 0.6 is 0 Å². The van der Waals surface area contributed by atoms with Gasteiger partial charge in [0.15, 0.2) is 0 Å². The lowest BCUT2D eigenvalue weighted by molar-refractivity contribution is -0.141. The van der Waals surface area contributed by atoms with E-state index in [1.165, 1.54) is 4.90 Å². The van der Waals surface area contributed by atoms with Gasteiger partial charge in [-0.2, -0.15) is 0 Å². The highest BCUT2D eigenvalue weighted by atomic mass is 32.2. The molecule has 1 aromatic carbocycles. The van der Waals surface area contributed by atoms with Crippen LogP contribution in [0.4, 0.5) is 4.79 Å². The summed E-state index contributed by atoms with van der Waals surface area (Å²) in [5.74, 6) is -2.48. The molecule has 276 valence electrons. The standard InChI is InChI=1S/C36H42N6O9S/c43-31-28-13-7-12-27(38-28)22-8-6-10-25(18-22)50-16-17-51-35(47)39-29-11-5-3-1-2-4-9-23-20-36(23,34(46)41-52(48,49)26-14-15-26)40-32(44)30-19-24(37-31)21-42(30)33(29)45/h4,6-10,12-13,18,23-24,26,29-30H,1-3,5,11,14-17,19-21H2,(H,37,43)(H,39,47)(H,40,44)(H,41,46)/b9-4-/t23?,24-,29+,30+,36-/m1/s1. The Kier molecular flexibility index (Phi) is 9.92. The second kappa shape index (κ2) is 14.6. The largest absolute Gasteiger partial charge is 0.490 e. The number of ether oxygens (including phenoxy) is 2. The van der Waals surface area contributed by atoms with Gasteiger partial charge in [0, 0.05) is 24.1 Å². The Morgan fingerprint density at radius 3 is 2.56 bits per heavy atom. The van der Waals surface area contributed by atoms with E-state index in [9.17, 15) is 32.4 Å². The molecule has 1 saturated heterocycles. The molecule has 5 amide bonds. The zero-order chi connectivity index (χ0) is 36.5. The molecule has 52 heavy (non-hydrogen) atoms. The van der Waals surface area contributed by atoms with E-state index < -0.39 is 74.6 Å². The lowest BCUT2D eigenvalue weighted by Crippen LogP contribution is -2.58. The molecule has 2 saturated carbocycles. The fourth-order valence-corrected chi connectivity index (χ4v) is 8.47. The molecule has 5 aliphatic rings. The maximum atomic E-state index is 14.3. The topological polar surface area (TPSA) is 202 Å². The number of nitrogens with one attached hydrogen (secondary N) is 4. The average molecular weight is 735 g/mol. The minimum Gasteiger partial charge on any atom is -0.490 e. The van der Waals surface area contributed by atoms with Crippen molar-refractivity contribution in [3.8, 4) is 17.0 Å². The van der Waals surface area contributed by atoms with Crippen molar-refractivity contribution < 1.29 is 41.9 Å². The van der Waals surface area contributed by atoms with Gasteiger partial charge in [0.25, 0.3) is 11.8 Å². The number of pyridine rings is 1. The number of carbonyl (C=O) groups is 5. The molecule has 1 aromatic heterocycles. The van der Waals surface area contributed by atoms with E-state index in [-0.39, 0.29) is 44.7 Å². The second-order valence-corrected chi connectivity index (χ2v) is 16.0. The van der Waals surface area contributed by atoms with E-state index in [0.717, 1.165) is 12.8 Å². The van der Waals surface area contributed by atoms with Gasteiger partial charge in [-0.1, -0.05) is 43.2 Å². The number of fused-ring (bicyclic) bond motifs is 8. The molecule has 16 heteroatoms. The summed E-state index contributed by atoms with van der Waals surface area (Å²) in [6.45, 7) is -0.134. The lowest BCUT2D eigenvalue weighted by atomic mass is 10.0. The van der Waals surface area contributed by atoms with Crippen LogP contribution in [0, 0.1) is 5.92 Å². The van der Waals surface area contributed by atoms with Crippen LogP contribution < -0.4 is 25.4 Å². The van der Waals surface area contributed by atoms with E-state index in [1.807, 2.05) is 18.2 Å². The van der Waals surface area contributed by atoms with Crippen LogP contribution in [0.2, 0.25) is 0 Å². The third-order valence-corrected chi connectivity index (χ3v) is 12.0. The summed E-state index contributed by atoms with van der Waals surface area (Å²) in [6, 6.07) is 9.23. The second-order valence-electron chi connectivity index (χ2n) is 14.0. The summed E-state index contributed by atoms with van der Waals surface area (Å²) in [6.07, 6.45) is 7.07. The van der Waals surface area contributed by atoms with Gasteiger partial charge in [0.05, 0.1) is 10.9 Å². The molecule has 3 fully saturated rings. The van der Waals surface area contributed by atoms with Crippen molar-refractivity contribution in [1.29, 1.82) is 0 Å². The molecular weight excluding hydrogens is 692 g/mol. The SMILES string of the molecule is O=C1N[C@H]2CCCCC/C=C\C3C[C@@]3(C(=O)NS(=O)(=O)C3CC3)NC(=O)[C@@H]3C[C@H](CN3C2=O)NC(=O)c2cccc(n2)-c2cccc(c2)OCCO1. The molecule has 0 radical (unpaired) electrons. The number of rotatable bonds is 3. The number of cyclic esters (lactones) is 1. The summed E-state index contributed by atoms with van der Waals surface area (Å²) in [5, 5.41) is 7.78. The van der Waals surface area contributed by atoms with Gasteiger partial charge in [-0.15, -0.1) is 0 Å². The fraction of sp³-hybridized carbons (Fsp3) is 0.500. The van der Waals surface area contributed by atoms with Crippen molar-refractivity contribution in [2.75, 3.05) is 19.8 Å². The first-order valence-corrected chi connectivity index (χ1v) is 19.4. The molecule has 5 atom stereocenters. The Morgan fingerprint density at radius 1 is 0.942 bits per heavy atom. The van der Waals surface area contributed by atoms with Crippen molar-refractivity contribution in [3.05, 3.63) is 60.3 Å². The Morgan fingerprint density at radius 2 is 1.73 bits per heavy atom. The van der Waals surface area contributed by atoms with Gasteiger partial charge in [0.2, 0.25) is 21.8 Å². The number of hydrogen-bond acceptors (Lipinski definition) is 10. The van der Waals surface area contributed by atoms with Crippen LogP contribution in [0.5, 0.6) is 5.75 Å². The molecule has 3 aliphatic heterocycles. The lowest BCUT2D eigenvalue weighted by Gasteiger charge is -2.30. The summed E-state index contributed by atoms with van der Waals surface area (Å²) in [4.78, 5) is 74.6. The molecule has 7 rings (SSSR count). The highest BCUT2D eigenvalue weighted by Gasteiger charge is 2.62. The van der Waals surface area contributed by atoms with Crippen molar-refractivity contribution in [2.45, 2.75) is 86.7 Å². The maximum absolute atomic E-state index is 14.3. The zero-order valence-corrected chi connectivity index (χ0v) is 29.4. The highest BCUT2D eigenvalue weighted by Crippen LogP contribution is 2.46. The summed E-state index contributed by atoms with van der Waals surface area (Å²) in [5.41, 5.74) is -0.188. The maximum Gasteiger partial charge on any atom is 0.407 e. The smallest absolute Gasteiger partial charge is 0.407 e. The average Bonchev–Trinajstić information content (AvgIpc) is 4.05. The first-order chi connectivity index (χ1) is 25.0. The third kappa shape index (κ3) is 7.76. The Bertz CT molecular complexity index is 1900. The number of benzene rings is 1. The molecule has 2 aliphatic carbocycles. The van der Waals surface area contributed by atoms with Crippen LogP contribution in [0.1, 0.15) is 68.3 Å². The van der Waals surface area contributed by atoms with Gasteiger partial charge in [-0.05, 0) is 69.2 Å². The molecule has 4 N–H and O–H groups in total. The third-order valence-electron chi connectivity index (χ3n) is 10.2.